The summed E-state index contributed by atoms with van der Waals surface area (Å²) in [4.78, 5) is 13.9. The van der Waals surface area contributed by atoms with E-state index in [2.05, 4.69) is 9.72 Å². The average molecular weight is 397 g/mol. The maximum atomic E-state index is 11.7. The highest BCUT2D eigenvalue weighted by atomic mass is 19.4. The molecule has 11 heteroatoms. The highest BCUT2D eigenvalue weighted by molar-refractivity contribution is 5.72. The van der Waals surface area contributed by atoms with Gasteiger partial charge in [0.25, 0.3) is 0 Å². The first kappa shape index (κ1) is 26.4. The molecule has 0 saturated heterocycles. The van der Waals surface area contributed by atoms with Crippen molar-refractivity contribution in [3.8, 4) is 0 Å². The van der Waals surface area contributed by atoms with Gasteiger partial charge in [-0.3, -0.25) is 4.79 Å². The molecule has 27 heavy (non-hydrogen) atoms. The molecule has 1 unspecified atom stereocenters. The predicted molar refractivity (Wildman–Crippen MR) is 101 cm³/mol. The summed E-state index contributed by atoms with van der Waals surface area (Å²) in [6, 6.07) is 3.68. The number of hydrogen-bond donors (Lipinski definition) is 5. The molecular weight excluding hydrogens is 367 g/mol. The molecule has 0 bridgehead atoms. The van der Waals surface area contributed by atoms with E-state index in [4.69, 9.17) is 28.0 Å². The molecule has 0 amide bonds. The van der Waals surface area contributed by atoms with Gasteiger partial charge in [0.2, 0.25) is 0 Å². The quantitative estimate of drug-likeness (QED) is 0.216. The number of carbonyl (C=O) groups excluding carboxylic acids is 1. The largest absolute Gasteiger partial charge is 0.470 e. The standard InChI is InChI=1S/C8H11F3N2O2.C7H11N3.CH4O.2H2/c1-5(2-6(12)3-14)7(13)15-4-8(9,10)11;1-5(8)6-2-3-10-7(9)4-6;1-2;;/h2-3H,4,12-13H2,1H3;2-5H,8H2,1H3,(H2,9,10);2H,1H3;2*1H/b6-2-,7-5+;;;;. The second-order valence-corrected chi connectivity index (χ2v) is 5.02. The minimum absolute atomic E-state index is 0. The van der Waals surface area contributed by atoms with Crippen molar-refractivity contribution < 1.29 is 30.7 Å². The second kappa shape index (κ2) is 13.4. The van der Waals surface area contributed by atoms with Crippen molar-refractivity contribution in [3.05, 3.63) is 47.1 Å². The Morgan fingerprint density at radius 3 is 2.33 bits per heavy atom. The van der Waals surface area contributed by atoms with E-state index in [1.807, 2.05) is 13.0 Å². The average Bonchev–Trinajstić information content (AvgIpc) is 2.61. The van der Waals surface area contributed by atoms with Crippen LogP contribution >= 0.6 is 0 Å². The molecule has 0 spiro atoms. The van der Waals surface area contributed by atoms with Gasteiger partial charge in [-0.1, -0.05) is 0 Å². The Bertz CT molecular complexity index is 642. The van der Waals surface area contributed by atoms with Crippen molar-refractivity contribution in [1.82, 2.24) is 4.98 Å². The van der Waals surface area contributed by atoms with Crippen LogP contribution in [-0.4, -0.2) is 36.3 Å². The molecule has 0 aliphatic carbocycles. The zero-order valence-electron chi connectivity index (χ0n) is 15.3. The first-order valence-electron chi connectivity index (χ1n) is 7.46. The van der Waals surface area contributed by atoms with Crippen LogP contribution in [0.15, 0.2) is 41.6 Å². The minimum Gasteiger partial charge on any atom is -0.470 e. The van der Waals surface area contributed by atoms with Crippen molar-refractivity contribution >= 4 is 12.1 Å². The van der Waals surface area contributed by atoms with E-state index in [1.54, 1.807) is 12.3 Å². The maximum absolute atomic E-state index is 11.7. The van der Waals surface area contributed by atoms with Gasteiger partial charge >= 0.3 is 6.18 Å². The van der Waals surface area contributed by atoms with Gasteiger partial charge in [-0.2, -0.15) is 13.2 Å². The van der Waals surface area contributed by atoms with Crippen LogP contribution in [0.2, 0.25) is 0 Å². The van der Waals surface area contributed by atoms with Gasteiger partial charge in [0, 0.05) is 27.8 Å². The summed E-state index contributed by atoms with van der Waals surface area (Å²) in [5, 5.41) is 7.00. The number of anilines is 1. The molecular formula is C16H30F3N5O3. The van der Waals surface area contributed by atoms with E-state index >= 15 is 0 Å². The molecule has 9 N–H and O–H groups in total. The molecule has 8 nitrogen and oxygen atoms in total. The van der Waals surface area contributed by atoms with Crippen molar-refractivity contribution in [2.45, 2.75) is 26.1 Å². The molecule has 0 fully saturated rings. The number of allylic oxidation sites excluding steroid dienone is 3. The van der Waals surface area contributed by atoms with E-state index in [9.17, 15) is 18.0 Å². The molecule has 0 aromatic carbocycles. The SMILES string of the molecule is CC(/C=C(\N)C=O)=C(/N)OCC(F)(F)F.CC(N)c1ccnc(N)c1.CO.[HH].[HH]. The maximum Gasteiger partial charge on any atom is 0.422 e. The summed E-state index contributed by atoms with van der Waals surface area (Å²) >= 11 is 0. The number of carbonyl (C=O) groups is 1. The van der Waals surface area contributed by atoms with Crippen molar-refractivity contribution in [2.24, 2.45) is 17.2 Å². The van der Waals surface area contributed by atoms with Crippen LogP contribution < -0.4 is 22.9 Å². The molecule has 0 aliphatic rings. The topological polar surface area (TPSA) is 164 Å². The molecule has 1 aromatic rings. The summed E-state index contributed by atoms with van der Waals surface area (Å²) in [7, 11) is 1.00. The zero-order chi connectivity index (χ0) is 21.6. The molecule has 1 aromatic heterocycles. The lowest BCUT2D eigenvalue weighted by atomic mass is 10.1. The summed E-state index contributed by atoms with van der Waals surface area (Å²) in [5.41, 5.74) is 22.3. The number of aromatic nitrogens is 1. The minimum atomic E-state index is -4.45. The third-order valence-electron chi connectivity index (χ3n) is 2.63. The molecule has 1 heterocycles. The Morgan fingerprint density at radius 2 is 1.96 bits per heavy atom. The highest BCUT2D eigenvalue weighted by Crippen LogP contribution is 2.16. The second-order valence-electron chi connectivity index (χ2n) is 5.02. The Labute approximate surface area is 158 Å². The molecule has 0 radical (unpaired) electrons. The van der Waals surface area contributed by atoms with Crippen LogP contribution in [0.25, 0.3) is 0 Å². The van der Waals surface area contributed by atoms with Crippen molar-refractivity contribution in [2.75, 3.05) is 19.5 Å². The van der Waals surface area contributed by atoms with Crippen LogP contribution in [0.1, 0.15) is 28.3 Å². The molecule has 0 saturated carbocycles. The third-order valence-corrected chi connectivity index (χ3v) is 2.63. The Kier molecular flexibility index (Phi) is 13.1. The van der Waals surface area contributed by atoms with E-state index in [0.29, 0.717) is 12.1 Å². The van der Waals surface area contributed by atoms with E-state index < -0.39 is 18.7 Å². The van der Waals surface area contributed by atoms with Gasteiger partial charge < -0.3 is 32.8 Å². The lowest BCUT2D eigenvalue weighted by Gasteiger charge is -2.10. The van der Waals surface area contributed by atoms with Gasteiger partial charge in [-0.05, 0) is 37.6 Å². The molecule has 1 rings (SSSR count). The highest BCUT2D eigenvalue weighted by Gasteiger charge is 2.28. The fourth-order valence-corrected chi connectivity index (χ4v) is 1.38. The number of aliphatic hydroxyl groups is 1. The molecule has 1 atom stereocenters. The Morgan fingerprint density at radius 1 is 1.41 bits per heavy atom. The molecule has 0 aliphatic heterocycles. The number of nitrogens with two attached hydrogens (primary N) is 4. The van der Waals surface area contributed by atoms with Gasteiger partial charge in [-0.15, -0.1) is 0 Å². The number of pyridine rings is 1. The number of hydrogen-bond acceptors (Lipinski definition) is 8. The fourth-order valence-electron chi connectivity index (χ4n) is 1.38. The van der Waals surface area contributed by atoms with Crippen LogP contribution in [0.5, 0.6) is 0 Å². The van der Waals surface area contributed by atoms with Crippen LogP contribution in [0, 0.1) is 0 Å². The number of ether oxygens (including phenoxy) is 1. The van der Waals surface area contributed by atoms with Crippen molar-refractivity contribution in [1.29, 1.82) is 0 Å². The fraction of sp³-hybridized carbons (Fsp3) is 0.375. The van der Waals surface area contributed by atoms with Crippen LogP contribution in [-0.2, 0) is 9.53 Å². The number of aldehydes is 1. The number of nitrogens with zero attached hydrogens (tertiary/aromatic N) is 1. The third kappa shape index (κ3) is 14.1. The van der Waals surface area contributed by atoms with Gasteiger partial charge in [-0.25, -0.2) is 4.98 Å². The van der Waals surface area contributed by atoms with Gasteiger partial charge in [0.1, 0.15) is 5.82 Å². The summed E-state index contributed by atoms with van der Waals surface area (Å²) in [6.45, 7) is 1.81. The number of rotatable bonds is 5. The van der Waals surface area contributed by atoms with E-state index in [0.717, 1.165) is 18.7 Å². The molecule has 158 valence electrons. The lowest BCUT2D eigenvalue weighted by molar-refractivity contribution is -0.165. The van der Waals surface area contributed by atoms with Gasteiger partial charge in [0.15, 0.2) is 18.8 Å². The number of alkyl halides is 3. The van der Waals surface area contributed by atoms with E-state index in [1.165, 1.54) is 6.92 Å². The Hall–Kier alpha value is -2.79. The van der Waals surface area contributed by atoms with Crippen molar-refractivity contribution in [3.63, 3.8) is 0 Å². The number of aliphatic hydroxyl groups excluding tert-OH is 1. The van der Waals surface area contributed by atoms with Crippen LogP contribution in [0.3, 0.4) is 0 Å². The van der Waals surface area contributed by atoms with Crippen LogP contribution in [0.4, 0.5) is 19.0 Å². The summed E-state index contributed by atoms with van der Waals surface area (Å²) in [5.74, 6) is 0.104. The summed E-state index contributed by atoms with van der Waals surface area (Å²) < 4.78 is 39.4. The number of halogens is 3. The van der Waals surface area contributed by atoms with E-state index in [-0.39, 0.29) is 20.2 Å². The monoisotopic (exact) mass is 397 g/mol. The normalized spacial score (nSPS) is 13.1. The first-order valence-corrected chi connectivity index (χ1v) is 7.46. The van der Waals surface area contributed by atoms with Gasteiger partial charge in [0.05, 0.1) is 5.70 Å². The number of nitrogen functional groups attached to an aromatic ring is 1. The summed E-state index contributed by atoms with van der Waals surface area (Å²) in [6.07, 6.45) is -1.32. The Balaban J connectivity index is -0.000000195. The zero-order valence-corrected chi connectivity index (χ0v) is 15.3. The predicted octanol–water partition coefficient (Wildman–Crippen LogP) is 1.58. The lowest BCUT2D eigenvalue weighted by Crippen LogP contribution is -2.19. The smallest absolute Gasteiger partial charge is 0.422 e. The first-order chi connectivity index (χ1) is 12.5.